The molecule has 0 aliphatic rings. The van der Waals surface area contributed by atoms with E-state index in [1.54, 1.807) is 0 Å². The molecule has 2 heteroatoms. The highest BCUT2D eigenvalue weighted by molar-refractivity contribution is 6.74. The summed E-state index contributed by atoms with van der Waals surface area (Å²) in [6.45, 7) is 13.7. The van der Waals surface area contributed by atoms with Crippen molar-refractivity contribution in [3.8, 4) is 5.75 Å². The Kier molecular flexibility index (Phi) is 3.42. The second-order valence-corrected chi connectivity index (χ2v) is 13.5. The molecule has 0 amide bonds. The van der Waals surface area contributed by atoms with Gasteiger partial charge < -0.3 is 4.43 Å². The molecule has 0 atom stereocenters. The van der Waals surface area contributed by atoms with Gasteiger partial charge in [-0.25, -0.2) is 0 Å². The Labute approximate surface area is 151 Å². The van der Waals surface area contributed by atoms with Crippen molar-refractivity contribution in [3.05, 3.63) is 54.1 Å². The second kappa shape index (κ2) is 5.22. The van der Waals surface area contributed by atoms with E-state index in [9.17, 15) is 0 Å². The third-order valence-electron chi connectivity index (χ3n) is 5.95. The smallest absolute Gasteiger partial charge is 0.250 e. The minimum absolute atomic E-state index is 0.184. The molecule has 0 unspecified atom stereocenters. The third-order valence-corrected chi connectivity index (χ3v) is 10.3. The van der Waals surface area contributed by atoms with Gasteiger partial charge in [-0.1, -0.05) is 63.2 Å². The zero-order chi connectivity index (χ0) is 18.0. The van der Waals surface area contributed by atoms with Gasteiger partial charge in [0.25, 0.3) is 8.32 Å². The van der Waals surface area contributed by atoms with Crippen LogP contribution in [0.1, 0.15) is 26.3 Å². The van der Waals surface area contributed by atoms with Crippen molar-refractivity contribution in [2.75, 3.05) is 0 Å². The van der Waals surface area contributed by atoms with Crippen LogP contribution in [0.15, 0.2) is 48.5 Å². The SMILES string of the molecule is Cc1cc2ccc3cccc4ccc(c1O[Si](C)(C)C(C)(C)C)c2c34. The van der Waals surface area contributed by atoms with Crippen LogP contribution in [0.25, 0.3) is 32.3 Å². The van der Waals surface area contributed by atoms with Crippen molar-refractivity contribution in [2.24, 2.45) is 0 Å². The van der Waals surface area contributed by atoms with Gasteiger partial charge in [0.2, 0.25) is 0 Å². The number of hydrogen-bond donors (Lipinski definition) is 0. The van der Waals surface area contributed by atoms with E-state index >= 15 is 0 Å². The van der Waals surface area contributed by atoms with E-state index in [2.05, 4.69) is 89.3 Å². The molecule has 128 valence electrons. The number of benzene rings is 4. The average molecular weight is 347 g/mol. The minimum atomic E-state index is -1.89. The highest BCUT2D eigenvalue weighted by Gasteiger charge is 2.39. The van der Waals surface area contributed by atoms with E-state index in [4.69, 9.17) is 4.43 Å². The van der Waals surface area contributed by atoms with Crippen molar-refractivity contribution < 1.29 is 4.43 Å². The summed E-state index contributed by atoms with van der Waals surface area (Å²) in [5.41, 5.74) is 1.23. The van der Waals surface area contributed by atoms with Crippen LogP contribution >= 0.6 is 0 Å². The maximum atomic E-state index is 6.79. The van der Waals surface area contributed by atoms with Crippen molar-refractivity contribution in [1.29, 1.82) is 0 Å². The van der Waals surface area contributed by atoms with Crippen molar-refractivity contribution in [3.63, 3.8) is 0 Å². The van der Waals surface area contributed by atoms with Crippen LogP contribution in [0.5, 0.6) is 5.75 Å². The summed E-state index contributed by atoms with van der Waals surface area (Å²) in [5, 5.41) is 8.05. The number of rotatable bonds is 2. The lowest BCUT2D eigenvalue weighted by atomic mass is 9.92. The fourth-order valence-electron chi connectivity index (χ4n) is 3.47. The largest absolute Gasteiger partial charge is 0.543 e. The van der Waals surface area contributed by atoms with E-state index in [1.807, 2.05) is 0 Å². The third kappa shape index (κ3) is 2.43. The maximum Gasteiger partial charge on any atom is 0.250 e. The summed E-state index contributed by atoms with van der Waals surface area (Å²) in [6.07, 6.45) is 0. The van der Waals surface area contributed by atoms with Crippen LogP contribution < -0.4 is 4.43 Å². The summed E-state index contributed by atoms with van der Waals surface area (Å²) < 4.78 is 6.79. The summed E-state index contributed by atoms with van der Waals surface area (Å²) >= 11 is 0. The fourth-order valence-corrected chi connectivity index (χ4v) is 4.56. The van der Waals surface area contributed by atoms with Gasteiger partial charge in [-0.3, -0.25) is 0 Å². The fraction of sp³-hybridized carbons (Fsp3) is 0.304. The average Bonchev–Trinajstić information content (AvgIpc) is 2.54. The van der Waals surface area contributed by atoms with Crippen molar-refractivity contribution in [1.82, 2.24) is 0 Å². The van der Waals surface area contributed by atoms with Gasteiger partial charge in [0.15, 0.2) is 0 Å². The zero-order valence-electron chi connectivity index (χ0n) is 16.0. The van der Waals surface area contributed by atoms with Gasteiger partial charge >= 0.3 is 0 Å². The van der Waals surface area contributed by atoms with Gasteiger partial charge in [0.1, 0.15) is 5.75 Å². The molecule has 0 N–H and O–H groups in total. The van der Waals surface area contributed by atoms with E-state index in [0.29, 0.717) is 0 Å². The Bertz CT molecular complexity index is 1070. The number of aryl methyl sites for hydroxylation is 1. The molecule has 4 aromatic rings. The number of hydrogen-bond acceptors (Lipinski definition) is 1. The molecule has 0 heterocycles. The summed E-state index contributed by atoms with van der Waals surface area (Å²) in [6, 6.07) is 17.8. The first-order valence-electron chi connectivity index (χ1n) is 9.05. The van der Waals surface area contributed by atoms with Crippen LogP contribution in [0.2, 0.25) is 18.1 Å². The molecule has 0 saturated carbocycles. The Hall–Kier alpha value is -2.06. The van der Waals surface area contributed by atoms with Crippen LogP contribution in [-0.2, 0) is 0 Å². The first kappa shape index (κ1) is 16.4. The molecule has 0 aliphatic heterocycles. The molecule has 0 fully saturated rings. The van der Waals surface area contributed by atoms with Gasteiger partial charge in [-0.15, -0.1) is 0 Å². The first-order chi connectivity index (χ1) is 11.7. The summed E-state index contributed by atoms with van der Waals surface area (Å²) in [7, 11) is -1.89. The highest BCUT2D eigenvalue weighted by atomic mass is 28.4. The van der Waals surface area contributed by atoms with Crippen LogP contribution in [0.3, 0.4) is 0 Å². The Morgan fingerprint density at radius 3 is 2.04 bits per heavy atom. The zero-order valence-corrected chi connectivity index (χ0v) is 17.0. The lowest BCUT2D eigenvalue weighted by Crippen LogP contribution is -2.44. The molecule has 0 radical (unpaired) electrons. The monoisotopic (exact) mass is 346 g/mol. The van der Waals surface area contributed by atoms with Gasteiger partial charge in [0, 0.05) is 10.8 Å². The van der Waals surface area contributed by atoms with E-state index < -0.39 is 8.32 Å². The highest BCUT2D eigenvalue weighted by Crippen LogP contribution is 2.44. The predicted octanol–water partition coefficient (Wildman–Crippen LogP) is 7.28. The van der Waals surface area contributed by atoms with Gasteiger partial charge in [-0.05, 0) is 58.2 Å². The van der Waals surface area contributed by atoms with Gasteiger partial charge in [0.05, 0.1) is 0 Å². The molecule has 4 aromatic carbocycles. The van der Waals surface area contributed by atoms with E-state index in [0.717, 1.165) is 5.75 Å². The molecule has 0 saturated heterocycles. The molecule has 4 rings (SSSR count). The molecule has 0 spiro atoms. The first-order valence-corrected chi connectivity index (χ1v) is 12.0. The van der Waals surface area contributed by atoms with Crippen LogP contribution in [-0.4, -0.2) is 8.32 Å². The minimum Gasteiger partial charge on any atom is -0.543 e. The molecular formula is C23H26OSi. The van der Waals surface area contributed by atoms with E-state index in [1.165, 1.54) is 37.9 Å². The standard InChI is InChI=1S/C23H26OSi/c1-15-14-18-11-10-16-8-7-9-17-12-13-19(21(18)20(16)17)22(15)24-25(5,6)23(2,3)4/h7-14H,1-6H3. The second-order valence-electron chi connectivity index (χ2n) is 8.74. The Morgan fingerprint density at radius 1 is 0.800 bits per heavy atom. The molecule has 0 bridgehead atoms. The van der Waals surface area contributed by atoms with Crippen LogP contribution in [0, 0.1) is 6.92 Å². The summed E-state index contributed by atoms with van der Waals surface area (Å²) in [5.74, 6) is 1.08. The van der Waals surface area contributed by atoms with Crippen molar-refractivity contribution in [2.45, 2.75) is 45.8 Å². The molecule has 25 heavy (non-hydrogen) atoms. The maximum absolute atomic E-state index is 6.79. The summed E-state index contributed by atoms with van der Waals surface area (Å²) in [4.78, 5) is 0. The topological polar surface area (TPSA) is 9.23 Å². The van der Waals surface area contributed by atoms with Crippen LogP contribution in [0.4, 0.5) is 0 Å². The molecule has 0 aromatic heterocycles. The molecule has 0 aliphatic carbocycles. The lowest BCUT2D eigenvalue weighted by Gasteiger charge is -2.37. The van der Waals surface area contributed by atoms with E-state index in [-0.39, 0.29) is 5.04 Å². The van der Waals surface area contributed by atoms with Gasteiger partial charge in [-0.2, -0.15) is 0 Å². The Balaban J connectivity index is 2.07. The normalized spacial score (nSPS) is 13.2. The lowest BCUT2D eigenvalue weighted by molar-refractivity contribution is 0.494. The quantitative estimate of drug-likeness (QED) is 0.274. The molecular weight excluding hydrogens is 320 g/mol. The van der Waals surface area contributed by atoms with Crippen molar-refractivity contribution >= 4 is 40.6 Å². The predicted molar refractivity (Wildman–Crippen MR) is 113 cm³/mol. The Morgan fingerprint density at radius 2 is 1.40 bits per heavy atom. The molecule has 1 nitrogen and oxygen atoms in total.